The van der Waals surface area contributed by atoms with E-state index in [-0.39, 0.29) is 29.7 Å². The van der Waals surface area contributed by atoms with Gasteiger partial charge in [-0.15, -0.1) is 11.3 Å². The highest BCUT2D eigenvalue weighted by molar-refractivity contribution is 7.18. The zero-order valence-electron chi connectivity index (χ0n) is 15.9. The number of thiazole rings is 1. The molecule has 0 aliphatic heterocycles. The van der Waals surface area contributed by atoms with Gasteiger partial charge in [-0.25, -0.2) is 4.98 Å². The number of carbonyl (C=O) groups excluding carboxylic acids is 1. The summed E-state index contributed by atoms with van der Waals surface area (Å²) in [5, 5.41) is 22.6. The number of aliphatic carboxylic acids is 1. The van der Waals surface area contributed by atoms with E-state index in [1.54, 1.807) is 4.57 Å². The number of nitrogens with one attached hydrogen (secondary N) is 1. The third kappa shape index (κ3) is 2.88. The van der Waals surface area contributed by atoms with Gasteiger partial charge in [0, 0.05) is 17.2 Å². The lowest BCUT2D eigenvalue weighted by atomic mass is 9.93. The lowest BCUT2D eigenvalue weighted by molar-refractivity contribution is -0.135. The number of nitrogens with zero attached hydrogens (tertiary/aromatic N) is 2. The van der Waals surface area contributed by atoms with Gasteiger partial charge in [-0.3, -0.25) is 14.4 Å². The van der Waals surface area contributed by atoms with Gasteiger partial charge in [0.05, 0.1) is 16.8 Å². The normalized spacial score (nSPS) is 19.2. The van der Waals surface area contributed by atoms with E-state index in [2.05, 4.69) is 10.3 Å². The molecule has 0 radical (unpaired) electrons. The lowest BCUT2D eigenvalue weighted by Gasteiger charge is -2.23. The second kappa shape index (κ2) is 6.94. The number of benzene rings is 1. The quantitative estimate of drug-likeness (QED) is 0.577. The smallest absolute Gasteiger partial charge is 0.322 e. The molecule has 30 heavy (non-hydrogen) atoms. The maximum atomic E-state index is 13.3. The van der Waals surface area contributed by atoms with Crippen molar-refractivity contribution in [2.75, 3.05) is 6.54 Å². The Morgan fingerprint density at radius 3 is 2.77 bits per heavy atom. The molecule has 1 fully saturated rings. The molecule has 154 valence electrons. The fourth-order valence-corrected chi connectivity index (χ4v) is 5.77. The highest BCUT2D eigenvalue weighted by Crippen LogP contribution is 2.55. The second-order valence-electron chi connectivity index (χ2n) is 7.77. The number of hydrogen-bond donors (Lipinski definition) is 3. The molecule has 1 amide bonds. The standard InChI is InChI=1S/C21H19N3O5S/c25-15(26)8-22-20(28)17-19(27)16-10-5-6-11(7-10)18(16)24(21(17)29)9-14-23-12-3-1-2-4-13(12)30-14/h1-4,10-11,27H,5-9H2,(H,22,28)(H,25,26). The van der Waals surface area contributed by atoms with Crippen LogP contribution in [0, 0.1) is 0 Å². The molecule has 9 heteroatoms. The molecule has 2 bridgehead atoms. The Morgan fingerprint density at radius 2 is 2.00 bits per heavy atom. The van der Waals surface area contributed by atoms with E-state index >= 15 is 0 Å². The number of carboxylic acids is 1. The Kier molecular flexibility index (Phi) is 4.35. The van der Waals surface area contributed by atoms with Crippen molar-refractivity contribution < 1.29 is 19.8 Å². The molecule has 3 aromatic rings. The van der Waals surface area contributed by atoms with Crippen LogP contribution in [0.15, 0.2) is 29.1 Å². The average Bonchev–Trinajstić information content (AvgIpc) is 3.43. The highest BCUT2D eigenvalue weighted by atomic mass is 32.1. The minimum atomic E-state index is -1.22. The third-order valence-corrected chi connectivity index (χ3v) is 7.03. The summed E-state index contributed by atoms with van der Waals surface area (Å²) in [5.41, 5.74) is 1.31. The van der Waals surface area contributed by atoms with E-state index < -0.39 is 24.0 Å². The van der Waals surface area contributed by atoms with Crippen molar-refractivity contribution in [3.8, 4) is 5.75 Å². The first kappa shape index (κ1) is 18.8. The summed E-state index contributed by atoms with van der Waals surface area (Å²) in [6.07, 6.45) is 2.70. The van der Waals surface area contributed by atoms with E-state index in [4.69, 9.17) is 5.11 Å². The molecule has 2 aliphatic carbocycles. The number of carboxylic acid groups (broad SMARTS) is 1. The van der Waals surface area contributed by atoms with Crippen molar-refractivity contribution in [2.24, 2.45) is 0 Å². The van der Waals surface area contributed by atoms with Crippen LogP contribution in [0.2, 0.25) is 0 Å². The van der Waals surface area contributed by atoms with Gasteiger partial charge in [-0.05, 0) is 37.3 Å². The van der Waals surface area contributed by atoms with Gasteiger partial charge >= 0.3 is 5.97 Å². The van der Waals surface area contributed by atoms with Crippen LogP contribution in [0.4, 0.5) is 0 Å². The second-order valence-corrected chi connectivity index (χ2v) is 8.89. The maximum Gasteiger partial charge on any atom is 0.322 e. The number of para-hydroxylation sites is 1. The topological polar surface area (TPSA) is 122 Å². The molecule has 8 nitrogen and oxygen atoms in total. The number of amides is 1. The SMILES string of the molecule is O=C(O)CNC(=O)c1c(O)c2c(n(Cc3nc4ccccc4s3)c1=O)C1CCC2C1. The molecule has 1 aromatic carbocycles. The molecule has 5 rings (SSSR count). The minimum absolute atomic E-state index is 0.109. The van der Waals surface area contributed by atoms with Crippen molar-refractivity contribution in [3.05, 3.63) is 56.4 Å². The van der Waals surface area contributed by atoms with E-state index in [9.17, 15) is 19.5 Å². The number of aromatic nitrogens is 2. The molecule has 2 atom stereocenters. The first-order valence-corrected chi connectivity index (χ1v) is 10.6. The molecular formula is C21H19N3O5S. The van der Waals surface area contributed by atoms with E-state index in [0.29, 0.717) is 5.56 Å². The predicted octanol–water partition coefficient (Wildman–Crippen LogP) is 2.39. The van der Waals surface area contributed by atoms with Crippen LogP contribution >= 0.6 is 11.3 Å². The van der Waals surface area contributed by atoms with Crippen molar-refractivity contribution in [2.45, 2.75) is 37.6 Å². The Morgan fingerprint density at radius 1 is 1.23 bits per heavy atom. The summed E-state index contributed by atoms with van der Waals surface area (Å²) in [7, 11) is 0. The zero-order valence-corrected chi connectivity index (χ0v) is 16.7. The Labute approximate surface area is 174 Å². The molecule has 0 saturated heterocycles. The molecule has 2 aromatic heterocycles. The van der Waals surface area contributed by atoms with Crippen LogP contribution in [-0.4, -0.2) is 38.2 Å². The highest BCUT2D eigenvalue weighted by Gasteiger charge is 2.43. The first-order chi connectivity index (χ1) is 14.4. The van der Waals surface area contributed by atoms with E-state index in [1.165, 1.54) is 11.3 Å². The number of fused-ring (bicyclic) bond motifs is 6. The minimum Gasteiger partial charge on any atom is -0.507 e. The summed E-state index contributed by atoms with van der Waals surface area (Å²) in [4.78, 5) is 41.3. The van der Waals surface area contributed by atoms with Gasteiger partial charge in [0.1, 0.15) is 22.9 Å². The Balaban J connectivity index is 1.64. The number of aromatic hydroxyl groups is 1. The molecule has 2 unspecified atom stereocenters. The first-order valence-electron chi connectivity index (χ1n) is 9.78. The van der Waals surface area contributed by atoms with Crippen LogP contribution in [-0.2, 0) is 11.3 Å². The summed E-state index contributed by atoms with van der Waals surface area (Å²) in [5.74, 6) is -2.11. The van der Waals surface area contributed by atoms with Gasteiger partial charge in [0.2, 0.25) is 0 Å². The summed E-state index contributed by atoms with van der Waals surface area (Å²) in [6.45, 7) is -0.415. The summed E-state index contributed by atoms with van der Waals surface area (Å²) in [6, 6.07) is 7.71. The number of pyridine rings is 1. The largest absolute Gasteiger partial charge is 0.507 e. The van der Waals surface area contributed by atoms with E-state index in [1.807, 2.05) is 24.3 Å². The fourth-order valence-electron chi connectivity index (χ4n) is 4.81. The number of carbonyl (C=O) groups is 2. The van der Waals surface area contributed by atoms with Gasteiger partial charge in [0.15, 0.2) is 0 Å². The van der Waals surface area contributed by atoms with Gasteiger partial charge in [0.25, 0.3) is 11.5 Å². The lowest BCUT2D eigenvalue weighted by Crippen LogP contribution is -2.37. The molecule has 2 aliphatic rings. The van der Waals surface area contributed by atoms with E-state index in [0.717, 1.165) is 40.2 Å². The Hall–Kier alpha value is -3.20. The van der Waals surface area contributed by atoms with Crippen molar-refractivity contribution in [1.82, 2.24) is 14.9 Å². The van der Waals surface area contributed by atoms with Crippen molar-refractivity contribution in [1.29, 1.82) is 0 Å². The van der Waals surface area contributed by atoms with Crippen LogP contribution in [0.5, 0.6) is 5.75 Å². The fraction of sp³-hybridized carbons (Fsp3) is 0.333. The van der Waals surface area contributed by atoms with Gasteiger partial charge < -0.3 is 20.1 Å². The van der Waals surface area contributed by atoms with Crippen molar-refractivity contribution in [3.63, 3.8) is 0 Å². The average molecular weight is 425 g/mol. The van der Waals surface area contributed by atoms with Crippen molar-refractivity contribution >= 4 is 33.4 Å². The van der Waals surface area contributed by atoms with Crippen LogP contribution in [0.3, 0.4) is 0 Å². The monoisotopic (exact) mass is 425 g/mol. The van der Waals surface area contributed by atoms with Gasteiger partial charge in [-0.1, -0.05) is 12.1 Å². The Bertz CT molecular complexity index is 1230. The number of rotatable bonds is 5. The molecule has 0 spiro atoms. The zero-order chi connectivity index (χ0) is 21.0. The summed E-state index contributed by atoms with van der Waals surface area (Å²) < 4.78 is 2.57. The number of hydrogen-bond acceptors (Lipinski definition) is 6. The van der Waals surface area contributed by atoms with Crippen LogP contribution in [0.1, 0.15) is 57.7 Å². The van der Waals surface area contributed by atoms with Crippen LogP contribution < -0.4 is 10.9 Å². The molecular weight excluding hydrogens is 406 g/mol. The molecule has 2 heterocycles. The maximum absolute atomic E-state index is 13.3. The third-order valence-electron chi connectivity index (χ3n) is 6.00. The van der Waals surface area contributed by atoms with Gasteiger partial charge in [-0.2, -0.15) is 0 Å². The molecule has 1 saturated carbocycles. The summed E-state index contributed by atoms with van der Waals surface area (Å²) >= 11 is 1.49. The molecule has 3 N–H and O–H groups in total. The van der Waals surface area contributed by atoms with Crippen LogP contribution in [0.25, 0.3) is 10.2 Å². The predicted molar refractivity (Wildman–Crippen MR) is 110 cm³/mol.